The second-order valence-corrected chi connectivity index (χ2v) is 6.71. The Bertz CT molecular complexity index is 471. The Labute approximate surface area is 122 Å². The molecule has 0 spiro atoms. The number of benzene rings is 1. The van der Waals surface area contributed by atoms with Gasteiger partial charge in [-0.2, -0.15) is 0 Å². The summed E-state index contributed by atoms with van der Waals surface area (Å²) in [6, 6.07) is 10.0. The van der Waals surface area contributed by atoms with Crippen molar-refractivity contribution in [1.82, 2.24) is 5.32 Å². The molecule has 1 amide bonds. The van der Waals surface area contributed by atoms with Gasteiger partial charge in [-0.05, 0) is 24.8 Å². The fourth-order valence-corrected chi connectivity index (χ4v) is 3.33. The molecule has 0 saturated heterocycles. The average molecular weight is 295 g/mol. The molecule has 2 rings (SSSR count). The molecule has 4 nitrogen and oxygen atoms in total. The standard InChI is InChI=1S/C15H21NO3S/c1-19-10-11-20(18)12-14(17)16-15(8-5-9-15)13-6-3-2-4-7-13/h2-4,6-7H,5,8-12H2,1H3,(H,16,17)/t20-/m0/s1. The zero-order valence-corrected chi connectivity index (χ0v) is 12.6. The molecule has 5 heteroatoms. The van der Waals surface area contributed by atoms with Crippen LogP contribution < -0.4 is 5.32 Å². The Kier molecular flexibility index (Phi) is 5.31. The molecule has 1 N–H and O–H groups in total. The molecule has 0 aliphatic heterocycles. The molecule has 1 atom stereocenters. The van der Waals surface area contributed by atoms with Crippen molar-refractivity contribution in [3.63, 3.8) is 0 Å². The minimum absolute atomic E-state index is 0.0535. The van der Waals surface area contributed by atoms with Crippen LogP contribution in [0.25, 0.3) is 0 Å². The highest BCUT2D eigenvalue weighted by Crippen LogP contribution is 2.41. The van der Waals surface area contributed by atoms with Crippen LogP contribution in [0, 0.1) is 0 Å². The Balaban J connectivity index is 1.94. The van der Waals surface area contributed by atoms with Gasteiger partial charge in [-0.15, -0.1) is 0 Å². The third-order valence-corrected chi connectivity index (χ3v) is 4.93. The molecule has 1 saturated carbocycles. The van der Waals surface area contributed by atoms with E-state index >= 15 is 0 Å². The van der Waals surface area contributed by atoms with Crippen LogP contribution in [0.2, 0.25) is 0 Å². The van der Waals surface area contributed by atoms with E-state index in [1.807, 2.05) is 30.3 Å². The molecule has 1 fully saturated rings. The number of carbonyl (C=O) groups excluding carboxylic acids is 1. The van der Waals surface area contributed by atoms with Crippen LogP contribution in [0.4, 0.5) is 0 Å². The van der Waals surface area contributed by atoms with Gasteiger partial charge in [-0.25, -0.2) is 0 Å². The Morgan fingerprint density at radius 3 is 2.60 bits per heavy atom. The Morgan fingerprint density at radius 2 is 2.05 bits per heavy atom. The molecule has 1 aliphatic rings. The summed E-state index contributed by atoms with van der Waals surface area (Å²) in [6.07, 6.45) is 3.02. The van der Waals surface area contributed by atoms with Gasteiger partial charge in [0.05, 0.1) is 12.1 Å². The van der Waals surface area contributed by atoms with E-state index in [1.54, 1.807) is 7.11 Å². The van der Waals surface area contributed by atoms with Crippen molar-refractivity contribution < 1.29 is 13.7 Å². The molecule has 1 aromatic rings. The fraction of sp³-hybridized carbons (Fsp3) is 0.533. The summed E-state index contributed by atoms with van der Waals surface area (Å²) < 4.78 is 16.6. The molecule has 0 bridgehead atoms. The van der Waals surface area contributed by atoms with Crippen molar-refractivity contribution in [2.75, 3.05) is 25.2 Å². The SMILES string of the molecule is COCC[S@](=O)CC(=O)NC1(c2ccccc2)CCC1. The van der Waals surface area contributed by atoms with Crippen LogP contribution >= 0.6 is 0 Å². The summed E-state index contributed by atoms with van der Waals surface area (Å²) in [4.78, 5) is 12.1. The predicted molar refractivity (Wildman–Crippen MR) is 79.9 cm³/mol. The van der Waals surface area contributed by atoms with Crippen LogP contribution in [-0.4, -0.2) is 35.3 Å². The minimum atomic E-state index is -1.16. The summed E-state index contributed by atoms with van der Waals surface area (Å²) in [7, 11) is 0.409. The Hall–Kier alpha value is -1.20. The molecular weight excluding hydrogens is 274 g/mol. The number of hydrogen-bond acceptors (Lipinski definition) is 3. The second kappa shape index (κ2) is 6.99. The van der Waals surface area contributed by atoms with Crippen molar-refractivity contribution in [2.45, 2.75) is 24.8 Å². The smallest absolute Gasteiger partial charge is 0.233 e. The average Bonchev–Trinajstić information content (AvgIpc) is 2.41. The van der Waals surface area contributed by atoms with Gasteiger partial charge in [0.25, 0.3) is 0 Å². The van der Waals surface area contributed by atoms with E-state index in [1.165, 1.54) is 0 Å². The summed E-state index contributed by atoms with van der Waals surface area (Å²) >= 11 is 0. The molecule has 20 heavy (non-hydrogen) atoms. The molecule has 0 radical (unpaired) electrons. The monoisotopic (exact) mass is 295 g/mol. The lowest BCUT2D eigenvalue weighted by Crippen LogP contribution is -2.52. The van der Waals surface area contributed by atoms with E-state index in [0.29, 0.717) is 12.4 Å². The topological polar surface area (TPSA) is 55.4 Å². The maximum absolute atomic E-state index is 12.1. The van der Waals surface area contributed by atoms with E-state index in [0.717, 1.165) is 24.8 Å². The number of amides is 1. The number of nitrogens with one attached hydrogen (secondary N) is 1. The van der Waals surface area contributed by atoms with E-state index in [4.69, 9.17) is 4.74 Å². The molecule has 1 aromatic carbocycles. The van der Waals surface area contributed by atoms with Gasteiger partial charge in [0.2, 0.25) is 5.91 Å². The van der Waals surface area contributed by atoms with Crippen molar-refractivity contribution in [3.8, 4) is 0 Å². The van der Waals surface area contributed by atoms with Gasteiger partial charge in [0, 0.05) is 23.7 Å². The second-order valence-electron chi connectivity index (χ2n) is 5.13. The molecule has 1 aliphatic carbocycles. The van der Waals surface area contributed by atoms with Gasteiger partial charge in [0.1, 0.15) is 5.75 Å². The molecule has 0 heterocycles. The largest absolute Gasteiger partial charge is 0.384 e. The van der Waals surface area contributed by atoms with Gasteiger partial charge < -0.3 is 10.1 Å². The highest BCUT2D eigenvalue weighted by atomic mass is 32.2. The lowest BCUT2D eigenvalue weighted by molar-refractivity contribution is -0.121. The molecule has 110 valence electrons. The van der Waals surface area contributed by atoms with Crippen molar-refractivity contribution in [1.29, 1.82) is 0 Å². The summed E-state index contributed by atoms with van der Waals surface area (Å²) in [6.45, 7) is 0.420. The van der Waals surface area contributed by atoms with Crippen LogP contribution in [0.3, 0.4) is 0 Å². The summed E-state index contributed by atoms with van der Waals surface area (Å²) in [5.41, 5.74) is 0.895. The first-order chi connectivity index (χ1) is 9.66. The molecule has 0 unspecified atom stereocenters. The summed E-state index contributed by atoms with van der Waals surface area (Å²) in [5.74, 6) is 0.322. The van der Waals surface area contributed by atoms with E-state index in [9.17, 15) is 9.00 Å². The normalized spacial score (nSPS) is 18.1. The number of methoxy groups -OCH3 is 1. The quantitative estimate of drug-likeness (QED) is 0.831. The Morgan fingerprint density at radius 1 is 1.35 bits per heavy atom. The third kappa shape index (κ3) is 3.67. The lowest BCUT2D eigenvalue weighted by Gasteiger charge is -2.43. The van der Waals surface area contributed by atoms with Crippen LogP contribution in [0.5, 0.6) is 0 Å². The van der Waals surface area contributed by atoms with Crippen molar-refractivity contribution in [3.05, 3.63) is 35.9 Å². The fourth-order valence-electron chi connectivity index (χ4n) is 2.47. The predicted octanol–water partition coefficient (Wildman–Crippen LogP) is 1.58. The van der Waals surface area contributed by atoms with Crippen LogP contribution in [0.1, 0.15) is 24.8 Å². The van der Waals surface area contributed by atoms with Crippen molar-refractivity contribution >= 4 is 16.7 Å². The van der Waals surface area contributed by atoms with Gasteiger partial charge >= 0.3 is 0 Å². The maximum Gasteiger partial charge on any atom is 0.233 e. The maximum atomic E-state index is 12.1. The van der Waals surface area contributed by atoms with Crippen LogP contribution in [0.15, 0.2) is 30.3 Å². The first kappa shape index (κ1) is 15.2. The lowest BCUT2D eigenvalue weighted by atomic mass is 9.72. The van der Waals surface area contributed by atoms with Crippen LogP contribution in [-0.2, 0) is 25.9 Å². The van der Waals surface area contributed by atoms with Gasteiger partial charge in [-0.3, -0.25) is 9.00 Å². The zero-order chi connectivity index (χ0) is 14.4. The minimum Gasteiger partial charge on any atom is -0.384 e. The van der Waals surface area contributed by atoms with E-state index in [2.05, 4.69) is 5.32 Å². The first-order valence-electron chi connectivity index (χ1n) is 6.87. The van der Waals surface area contributed by atoms with Crippen molar-refractivity contribution in [2.24, 2.45) is 0 Å². The first-order valence-corrected chi connectivity index (χ1v) is 8.35. The van der Waals surface area contributed by atoms with E-state index in [-0.39, 0.29) is 17.2 Å². The number of ether oxygens (including phenoxy) is 1. The number of hydrogen-bond donors (Lipinski definition) is 1. The zero-order valence-electron chi connectivity index (χ0n) is 11.8. The molecular formula is C15H21NO3S. The molecule has 0 aromatic heterocycles. The van der Waals surface area contributed by atoms with Gasteiger partial charge in [0.15, 0.2) is 0 Å². The van der Waals surface area contributed by atoms with Gasteiger partial charge in [-0.1, -0.05) is 30.3 Å². The highest BCUT2D eigenvalue weighted by molar-refractivity contribution is 7.85. The van der Waals surface area contributed by atoms with E-state index < -0.39 is 10.8 Å². The number of carbonyl (C=O) groups is 1. The third-order valence-electron chi connectivity index (χ3n) is 3.72. The number of rotatable bonds is 7. The summed E-state index contributed by atoms with van der Waals surface area (Å²) in [5, 5.41) is 3.08. The highest BCUT2D eigenvalue weighted by Gasteiger charge is 2.39.